The molecule has 0 amide bonds. The molecule has 10 nitrogen and oxygen atoms in total. The van der Waals surface area contributed by atoms with Gasteiger partial charge in [0.25, 0.3) is 0 Å². The van der Waals surface area contributed by atoms with Crippen LogP contribution < -0.4 is 10.6 Å². The van der Waals surface area contributed by atoms with Crippen LogP contribution in [0, 0.1) is 6.92 Å². The molecule has 1 aliphatic rings. The van der Waals surface area contributed by atoms with Gasteiger partial charge in [-0.05, 0) is 49.1 Å². The van der Waals surface area contributed by atoms with Gasteiger partial charge >= 0.3 is 0 Å². The van der Waals surface area contributed by atoms with Crippen LogP contribution in [0.25, 0.3) is 11.4 Å². The quantitative estimate of drug-likeness (QED) is 0.306. The minimum Gasteiger partial charge on any atom is -0.394 e. The number of benzene rings is 2. The predicted molar refractivity (Wildman–Crippen MR) is 132 cm³/mol. The van der Waals surface area contributed by atoms with Crippen LogP contribution >= 0.6 is 0 Å². The number of aromatic amines is 1. The van der Waals surface area contributed by atoms with Crippen LogP contribution in [0.4, 0.5) is 17.5 Å². The Morgan fingerprint density at radius 1 is 1.14 bits per heavy atom. The van der Waals surface area contributed by atoms with Crippen molar-refractivity contribution in [2.45, 2.75) is 30.7 Å². The molecule has 2 aromatic heterocycles. The van der Waals surface area contributed by atoms with Gasteiger partial charge in [-0.1, -0.05) is 30.3 Å². The molecule has 4 aromatic rings. The lowest BCUT2D eigenvalue weighted by molar-refractivity contribution is 0.276. The highest BCUT2D eigenvalue weighted by Gasteiger charge is 2.24. The number of hydrogen-bond donors (Lipinski definition) is 4. The summed E-state index contributed by atoms with van der Waals surface area (Å²) in [6.45, 7) is 1.65. The molecule has 0 bridgehead atoms. The Morgan fingerprint density at radius 2 is 1.97 bits per heavy atom. The van der Waals surface area contributed by atoms with Crippen molar-refractivity contribution in [3.8, 4) is 11.4 Å². The van der Waals surface area contributed by atoms with Crippen LogP contribution in [0.1, 0.15) is 29.4 Å². The van der Waals surface area contributed by atoms with E-state index in [4.69, 9.17) is 0 Å². The SMILES string of the molecule is Cc1nc(-c2cnc(Nc3ccc4c(c3)CCCS4(=O)=O)nc2N[C@H](CO)c2ccccc2)n[nH]1. The van der Waals surface area contributed by atoms with Crippen molar-refractivity contribution < 1.29 is 13.5 Å². The molecule has 35 heavy (non-hydrogen) atoms. The molecule has 2 aromatic carbocycles. The first-order chi connectivity index (χ1) is 16.9. The molecule has 3 heterocycles. The highest BCUT2D eigenvalue weighted by atomic mass is 32.2. The lowest BCUT2D eigenvalue weighted by Gasteiger charge is -2.20. The van der Waals surface area contributed by atoms with Gasteiger partial charge in [-0.3, -0.25) is 5.10 Å². The number of fused-ring (bicyclic) bond motifs is 1. The average Bonchev–Trinajstić information content (AvgIpc) is 3.29. The fourth-order valence-corrected chi connectivity index (χ4v) is 5.69. The van der Waals surface area contributed by atoms with E-state index in [1.165, 1.54) is 0 Å². The van der Waals surface area contributed by atoms with Crippen molar-refractivity contribution in [3.05, 3.63) is 71.7 Å². The Morgan fingerprint density at radius 3 is 2.71 bits per heavy atom. The minimum absolute atomic E-state index is 0.150. The number of aliphatic hydroxyl groups is 1. The summed E-state index contributed by atoms with van der Waals surface area (Å²) in [5.41, 5.74) is 2.95. The smallest absolute Gasteiger partial charge is 0.229 e. The van der Waals surface area contributed by atoms with E-state index in [1.54, 1.807) is 25.3 Å². The second-order valence-corrected chi connectivity index (χ2v) is 10.4. The molecule has 0 unspecified atom stereocenters. The monoisotopic (exact) mass is 491 g/mol. The van der Waals surface area contributed by atoms with E-state index in [1.807, 2.05) is 36.4 Å². The molecule has 0 saturated heterocycles. The average molecular weight is 492 g/mol. The zero-order chi connectivity index (χ0) is 24.4. The lowest BCUT2D eigenvalue weighted by Crippen LogP contribution is -2.17. The number of hydrogen-bond acceptors (Lipinski definition) is 9. The summed E-state index contributed by atoms with van der Waals surface area (Å²) in [5.74, 6) is 2.02. The molecular formula is C24H25N7O3S. The second-order valence-electron chi connectivity index (χ2n) is 8.36. The number of aliphatic hydroxyl groups excluding tert-OH is 1. The molecular weight excluding hydrogens is 466 g/mol. The number of aryl methyl sites for hydroxylation is 2. The van der Waals surface area contributed by atoms with Crippen molar-refractivity contribution in [2.24, 2.45) is 0 Å². The maximum Gasteiger partial charge on any atom is 0.229 e. The van der Waals surface area contributed by atoms with Gasteiger partial charge in [0.05, 0.1) is 28.9 Å². The number of rotatable bonds is 7. The highest BCUT2D eigenvalue weighted by molar-refractivity contribution is 7.91. The zero-order valence-corrected chi connectivity index (χ0v) is 19.9. The summed E-state index contributed by atoms with van der Waals surface area (Å²) in [6.07, 6.45) is 2.93. The molecule has 0 saturated carbocycles. The first-order valence-electron chi connectivity index (χ1n) is 11.2. The Balaban J connectivity index is 1.49. The van der Waals surface area contributed by atoms with E-state index < -0.39 is 15.9 Å². The third-order valence-corrected chi connectivity index (χ3v) is 7.73. The molecule has 4 N–H and O–H groups in total. The van der Waals surface area contributed by atoms with Gasteiger partial charge in [0.15, 0.2) is 15.7 Å². The molecule has 180 valence electrons. The normalized spacial score (nSPS) is 15.3. The standard InChI is InChI=1S/C24H25N7O3S/c1-15-26-23(31-30-15)19-13-25-24(29-22(19)28-20(14-32)16-6-3-2-4-7-16)27-18-9-10-21-17(12-18)8-5-11-35(21,33)34/h2-4,6-7,9-10,12-13,20,32H,5,8,11,14H2,1H3,(H,26,30,31)(H2,25,27,28,29)/t20-/m1/s1. The summed E-state index contributed by atoms with van der Waals surface area (Å²) in [6, 6.07) is 14.3. The third kappa shape index (κ3) is 4.86. The molecule has 1 atom stereocenters. The lowest BCUT2D eigenvalue weighted by atomic mass is 10.1. The van der Waals surface area contributed by atoms with E-state index in [2.05, 4.69) is 35.8 Å². The van der Waals surface area contributed by atoms with Crippen LogP contribution in [0.15, 0.2) is 59.6 Å². The molecule has 0 aliphatic carbocycles. The number of sulfone groups is 1. The maximum absolute atomic E-state index is 12.3. The number of aromatic nitrogens is 5. The fourth-order valence-electron chi connectivity index (χ4n) is 4.11. The van der Waals surface area contributed by atoms with E-state index in [0.717, 1.165) is 11.1 Å². The first-order valence-corrected chi connectivity index (χ1v) is 12.9. The van der Waals surface area contributed by atoms with Crippen molar-refractivity contribution in [2.75, 3.05) is 23.0 Å². The number of anilines is 3. The minimum atomic E-state index is -3.23. The summed E-state index contributed by atoms with van der Waals surface area (Å²) in [4.78, 5) is 13.9. The van der Waals surface area contributed by atoms with Crippen molar-refractivity contribution in [1.29, 1.82) is 0 Å². The van der Waals surface area contributed by atoms with E-state index in [0.29, 0.717) is 52.4 Å². The maximum atomic E-state index is 12.3. The van der Waals surface area contributed by atoms with Crippen LogP contribution in [-0.2, 0) is 16.3 Å². The van der Waals surface area contributed by atoms with Crippen LogP contribution in [0.5, 0.6) is 0 Å². The van der Waals surface area contributed by atoms with Crippen LogP contribution in [-0.4, -0.2) is 51.0 Å². The van der Waals surface area contributed by atoms with Crippen molar-refractivity contribution in [1.82, 2.24) is 25.1 Å². The molecule has 5 rings (SSSR count). The number of nitrogens with one attached hydrogen (secondary N) is 3. The summed E-state index contributed by atoms with van der Waals surface area (Å²) >= 11 is 0. The first kappa shape index (κ1) is 22.9. The summed E-state index contributed by atoms with van der Waals surface area (Å²) in [7, 11) is -3.23. The highest BCUT2D eigenvalue weighted by Crippen LogP contribution is 2.31. The van der Waals surface area contributed by atoms with Gasteiger partial charge in [-0.2, -0.15) is 10.1 Å². The molecule has 0 radical (unpaired) electrons. The van der Waals surface area contributed by atoms with E-state index >= 15 is 0 Å². The molecule has 0 spiro atoms. The summed E-state index contributed by atoms with van der Waals surface area (Å²) in [5, 5.41) is 23.6. The van der Waals surface area contributed by atoms with Gasteiger partial charge in [0.1, 0.15) is 11.6 Å². The van der Waals surface area contributed by atoms with Gasteiger partial charge in [-0.15, -0.1) is 0 Å². The third-order valence-electron chi connectivity index (χ3n) is 5.83. The fraction of sp³-hybridized carbons (Fsp3) is 0.250. The molecule has 0 fully saturated rings. The Labute approximate surface area is 202 Å². The van der Waals surface area contributed by atoms with Gasteiger partial charge in [0.2, 0.25) is 5.95 Å². The van der Waals surface area contributed by atoms with Gasteiger partial charge in [0, 0.05) is 11.9 Å². The zero-order valence-electron chi connectivity index (χ0n) is 19.1. The van der Waals surface area contributed by atoms with E-state index in [9.17, 15) is 13.5 Å². The molecule has 1 aliphatic heterocycles. The predicted octanol–water partition coefficient (Wildman–Crippen LogP) is 3.18. The van der Waals surface area contributed by atoms with E-state index in [-0.39, 0.29) is 12.4 Å². The Hall–Kier alpha value is -3.83. The largest absolute Gasteiger partial charge is 0.394 e. The number of H-pyrrole nitrogens is 1. The summed E-state index contributed by atoms with van der Waals surface area (Å²) < 4.78 is 24.6. The van der Waals surface area contributed by atoms with Crippen LogP contribution in [0.3, 0.4) is 0 Å². The van der Waals surface area contributed by atoms with Crippen molar-refractivity contribution in [3.63, 3.8) is 0 Å². The van der Waals surface area contributed by atoms with Crippen molar-refractivity contribution >= 4 is 27.3 Å². The molecule has 11 heteroatoms. The Bertz CT molecular complexity index is 1460. The van der Waals surface area contributed by atoms with Crippen LogP contribution in [0.2, 0.25) is 0 Å². The van der Waals surface area contributed by atoms with Gasteiger partial charge < -0.3 is 15.7 Å². The topological polar surface area (TPSA) is 146 Å². The second kappa shape index (κ2) is 9.43. The number of nitrogens with zero attached hydrogens (tertiary/aromatic N) is 4. The Kier molecular flexibility index (Phi) is 6.18. The van der Waals surface area contributed by atoms with Gasteiger partial charge in [-0.25, -0.2) is 18.4 Å².